The Kier molecular flexibility index (Phi) is 22.6. The van der Waals surface area contributed by atoms with Gasteiger partial charge in [-0.2, -0.15) is 0 Å². The van der Waals surface area contributed by atoms with E-state index >= 15 is 0 Å². The molecule has 0 bridgehead atoms. The minimum atomic E-state index is -4.20. The molecule has 0 aromatic rings. The Balaban J connectivity index is 0. The first-order chi connectivity index (χ1) is 11.9. The van der Waals surface area contributed by atoms with Crippen LogP contribution in [0.1, 0.15) is 117 Å². The van der Waals surface area contributed by atoms with Crippen LogP contribution in [0.4, 0.5) is 0 Å². The second kappa shape index (κ2) is 19.8. The Labute approximate surface area is 205 Å². The Bertz CT molecular complexity index is 387. The Hall–Kier alpha value is 1.51. The zero-order chi connectivity index (χ0) is 19.0. The molecule has 0 aromatic carbocycles. The first-order valence-electron chi connectivity index (χ1n) is 10.5. The number of aliphatic hydroxyl groups excluding tert-OH is 1. The molecule has 26 heavy (non-hydrogen) atoms. The first kappa shape index (κ1) is 29.7. The number of aliphatic hydroxyl groups is 1. The maximum absolute atomic E-state index is 11.4. The van der Waals surface area contributed by atoms with E-state index < -0.39 is 15.4 Å². The number of rotatable bonds is 18. The van der Waals surface area contributed by atoms with Gasteiger partial charge in [0.1, 0.15) is 0 Å². The molecule has 6 heteroatoms. The van der Waals surface area contributed by atoms with E-state index in [0.717, 1.165) is 44.9 Å². The predicted octanol–water partition coefficient (Wildman–Crippen LogP) is 2.55. The van der Waals surface area contributed by atoms with Gasteiger partial charge in [0.05, 0.1) is 16.2 Å². The second-order valence-electron chi connectivity index (χ2n) is 7.46. The van der Waals surface area contributed by atoms with E-state index in [9.17, 15) is 18.1 Å². The summed E-state index contributed by atoms with van der Waals surface area (Å²) in [5.41, 5.74) is 0. The smallest absolute Gasteiger partial charge is 0.748 e. The van der Waals surface area contributed by atoms with E-state index in [4.69, 9.17) is 0 Å². The molecule has 0 radical (unpaired) electrons. The number of unbranched alkanes of at least 4 members (excludes halogenated alkanes) is 9. The van der Waals surface area contributed by atoms with Crippen LogP contribution in [0.25, 0.3) is 0 Å². The van der Waals surface area contributed by atoms with Crippen molar-refractivity contribution in [1.29, 1.82) is 0 Å². The van der Waals surface area contributed by atoms with Gasteiger partial charge in [-0.3, -0.25) is 0 Å². The van der Waals surface area contributed by atoms with E-state index in [1.807, 2.05) is 0 Å². The third-order valence-electron chi connectivity index (χ3n) is 4.99. The molecule has 0 aliphatic rings. The van der Waals surface area contributed by atoms with Gasteiger partial charge in [0.25, 0.3) is 0 Å². The van der Waals surface area contributed by atoms with Gasteiger partial charge in [-0.25, -0.2) is 8.42 Å². The van der Waals surface area contributed by atoms with E-state index in [0.29, 0.717) is 19.3 Å². The van der Waals surface area contributed by atoms with Crippen LogP contribution in [-0.4, -0.2) is 29.4 Å². The third-order valence-corrected chi connectivity index (χ3v) is 6.28. The van der Waals surface area contributed by atoms with Gasteiger partial charge in [-0.15, -0.1) is 0 Å². The SMILES string of the molecule is CCCCCCCCC(CCCCC(O)CCCCCC)S(=O)(=O)[O-].[K+]. The summed E-state index contributed by atoms with van der Waals surface area (Å²) in [5, 5.41) is 9.20. The summed E-state index contributed by atoms with van der Waals surface area (Å²) in [4.78, 5) is 0. The van der Waals surface area contributed by atoms with Crippen molar-refractivity contribution in [2.24, 2.45) is 0 Å². The molecule has 1 N–H and O–H groups in total. The normalized spacial score (nSPS) is 14.0. The third kappa shape index (κ3) is 18.9. The van der Waals surface area contributed by atoms with Crippen LogP contribution in [0.15, 0.2) is 0 Å². The van der Waals surface area contributed by atoms with Crippen LogP contribution < -0.4 is 51.4 Å². The standard InChI is InChI=1S/C20H42O4S.K/c1-3-5-7-9-10-12-17-20(25(22,23)24)18-14-13-16-19(21)15-11-8-6-4-2;/h19-21H,3-18H2,1-2H3,(H,22,23,24);/q;+1/p-1. The molecule has 2 atom stereocenters. The summed E-state index contributed by atoms with van der Waals surface area (Å²) >= 11 is 0. The van der Waals surface area contributed by atoms with E-state index in [2.05, 4.69) is 13.8 Å². The minimum Gasteiger partial charge on any atom is -0.748 e. The summed E-state index contributed by atoms with van der Waals surface area (Å²) in [5.74, 6) is 0. The largest absolute Gasteiger partial charge is 1.00 e. The van der Waals surface area contributed by atoms with Crippen molar-refractivity contribution in [2.45, 2.75) is 128 Å². The first-order valence-corrected chi connectivity index (χ1v) is 12.0. The second-order valence-corrected chi connectivity index (χ2v) is 9.11. The summed E-state index contributed by atoms with van der Waals surface area (Å²) < 4.78 is 34.3. The Morgan fingerprint density at radius 2 is 1.04 bits per heavy atom. The van der Waals surface area contributed by atoms with Crippen molar-refractivity contribution in [3.8, 4) is 0 Å². The Morgan fingerprint density at radius 1 is 0.692 bits per heavy atom. The van der Waals surface area contributed by atoms with Gasteiger partial charge in [0.2, 0.25) is 0 Å². The molecular formula is C20H41KO4S. The van der Waals surface area contributed by atoms with Crippen LogP contribution in [-0.2, 0) is 10.1 Å². The monoisotopic (exact) mass is 416 g/mol. The van der Waals surface area contributed by atoms with Crippen molar-refractivity contribution in [2.75, 3.05) is 0 Å². The molecular weight excluding hydrogens is 375 g/mol. The molecule has 0 fully saturated rings. The van der Waals surface area contributed by atoms with Crippen LogP contribution in [0, 0.1) is 0 Å². The molecule has 0 aliphatic heterocycles. The van der Waals surface area contributed by atoms with Gasteiger partial charge in [0, 0.05) is 5.25 Å². The summed E-state index contributed by atoms with van der Waals surface area (Å²) in [7, 11) is -4.20. The van der Waals surface area contributed by atoms with Crippen LogP contribution >= 0.6 is 0 Å². The van der Waals surface area contributed by atoms with Gasteiger partial charge in [0.15, 0.2) is 0 Å². The molecule has 0 spiro atoms. The molecule has 4 nitrogen and oxygen atoms in total. The summed E-state index contributed by atoms with van der Waals surface area (Å²) in [6.07, 6.45) is 15.0. The quantitative estimate of drug-likeness (QED) is 0.212. The van der Waals surface area contributed by atoms with Gasteiger partial charge in [-0.1, -0.05) is 90.9 Å². The molecule has 0 rings (SSSR count). The van der Waals surface area contributed by atoms with Crippen molar-refractivity contribution in [1.82, 2.24) is 0 Å². The Morgan fingerprint density at radius 3 is 1.54 bits per heavy atom. The van der Waals surface area contributed by atoms with Crippen molar-refractivity contribution in [3.63, 3.8) is 0 Å². The predicted molar refractivity (Wildman–Crippen MR) is 105 cm³/mol. The molecule has 0 amide bonds. The molecule has 0 saturated carbocycles. The number of hydrogen-bond acceptors (Lipinski definition) is 4. The summed E-state index contributed by atoms with van der Waals surface area (Å²) in [6.45, 7) is 4.34. The maximum atomic E-state index is 11.4. The van der Waals surface area contributed by atoms with Crippen molar-refractivity contribution in [3.05, 3.63) is 0 Å². The van der Waals surface area contributed by atoms with Crippen molar-refractivity contribution >= 4 is 10.1 Å². The average Bonchev–Trinajstić information content (AvgIpc) is 2.55. The zero-order valence-electron chi connectivity index (χ0n) is 17.5. The summed E-state index contributed by atoms with van der Waals surface area (Å²) in [6, 6.07) is 0. The molecule has 0 saturated heterocycles. The fraction of sp³-hybridized carbons (Fsp3) is 1.00. The average molecular weight is 417 g/mol. The molecule has 0 aliphatic carbocycles. The molecule has 2 unspecified atom stereocenters. The fourth-order valence-corrected chi connectivity index (χ4v) is 4.20. The van der Waals surface area contributed by atoms with Gasteiger partial charge in [-0.05, 0) is 25.7 Å². The molecule has 0 aromatic heterocycles. The van der Waals surface area contributed by atoms with Gasteiger partial charge >= 0.3 is 51.4 Å². The maximum Gasteiger partial charge on any atom is 1.00 e. The van der Waals surface area contributed by atoms with E-state index in [-0.39, 0.29) is 57.5 Å². The van der Waals surface area contributed by atoms with Crippen LogP contribution in [0.5, 0.6) is 0 Å². The van der Waals surface area contributed by atoms with E-state index in [1.165, 1.54) is 38.5 Å². The molecule has 152 valence electrons. The zero-order valence-corrected chi connectivity index (χ0v) is 21.5. The fourth-order valence-electron chi connectivity index (χ4n) is 3.29. The van der Waals surface area contributed by atoms with Crippen LogP contribution in [0.3, 0.4) is 0 Å². The van der Waals surface area contributed by atoms with E-state index in [1.54, 1.807) is 0 Å². The topological polar surface area (TPSA) is 77.4 Å². The number of hydrogen-bond donors (Lipinski definition) is 1. The van der Waals surface area contributed by atoms with Crippen LogP contribution in [0.2, 0.25) is 0 Å². The minimum absolute atomic E-state index is 0. The van der Waals surface area contributed by atoms with Crippen molar-refractivity contribution < 1.29 is 69.5 Å². The molecule has 0 heterocycles. The van der Waals surface area contributed by atoms with Gasteiger partial charge < -0.3 is 9.66 Å².